The fourth-order valence-electron chi connectivity index (χ4n) is 3.16. The minimum absolute atomic E-state index is 0.251. The Kier molecular flexibility index (Phi) is 3.27. The Morgan fingerprint density at radius 1 is 0.750 bits per heavy atom. The Hall–Kier alpha value is -3.21. The van der Waals surface area contributed by atoms with Gasteiger partial charge in [-0.1, -0.05) is 42.5 Å². The van der Waals surface area contributed by atoms with E-state index in [1.165, 1.54) is 0 Å². The van der Waals surface area contributed by atoms with Crippen LogP contribution in [0.2, 0.25) is 0 Å². The Labute approximate surface area is 137 Å². The molecule has 0 saturated carbocycles. The van der Waals surface area contributed by atoms with E-state index in [4.69, 9.17) is 0 Å². The lowest BCUT2D eigenvalue weighted by atomic mass is 9.91. The smallest absolute Gasteiger partial charge is 0.277 e. The molecule has 1 aliphatic rings. The van der Waals surface area contributed by atoms with Crippen molar-refractivity contribution in [1.29, 1.82) is 0 Å². The fourth-order valence-corrected chi connectivity index (χ4v) is 3.16. The van der Waals surface area contributed by atoms with Crippen LogP contribution in [0.5, 0.6) is 0 Å². The molecule has 0 bridgehead atoms. The van der Waals surface area contributed by atoms with Crippen molar-refractivity contribution in [2.75, 3.05) is 0 Å². The summed E-state index contributed by atoms with van der Waals surface area (Å²) in [5.41, 5.74) is 0.905. The molecule has 5 heteroatoms. The Balaban J connectivity index is 1.79. The van der Waals surface area contributed by atoms with Crippen molar-refractivity contribution < 1.29 is 14.4 Å². The van der Waals surface area contributed by atoms with E-state index in [-0.39, 0.29) is 6.42 Å². The molecule has 0 radical (unpaired) electrons. The normalized spacial score (nSPS) is 15.6. The topological polar surface area (TPSA) is 75.3 Å². The summed E-state index contributed by atoms with van der Waals surface area (Å²) in [7, 11) is 0. The van der Waals surface area contributed by atoms with E-state index in [9.17, 15) is 14.4 Å². The van der Waals surface area contributed by atoms with Crippen LogP contribution in [0.25, 0.3) is 21.5 Å². The lowest BCUT2D eigenvalue weighted by Crippen LogP contribution is -2.56. The molecule has 3 aromatic rings. The maximum Gasteiger partial charge on any atom is 0.328 e. The summed E-state index contributed by atoms with van der Waals surface area (Å²) in [6.07, 6.45) is 0.251. The van der Waals surface area contributed by atoms with E-state index in [1.807, 2.05) is 36.4 Å². The number of hydrogen-bond acceptors (Lipinski definition) is 3. The molecule has 4 amide bonds. The first-order chi connectivity index (χ1) is 11.6. The minimum Gasteiger partial charge on any atom is -0.277 e. The molecule has 0 atom stereocenters. The molecule has 0 spiro atoms. The molecule has 0 aromatic heterocycles. The average Bonchev–Trinajstić information content (AvgIpc) is 2.56. The fraction of sp³-hybridized carbons (Fsp3) is 0.105. The molecule has 1 aliphatic heterocycles. The first-order valence-electron chi connectivity index (χ1n) is 7.68. The largest absolute Gasteiger partial charge is 0.328 e. The number of benzene rings is 3. The summed E-state index contributed by atoms with van der Waals surface area (Å²) in [6, 6.07) is 17.3. The van der Waals surface area contributed by atoms with Crippen LogP contribution in [-0.2, 0) is 16.0 Å². The number of imide groups is 2. The first-order valence-corrected chi connectivity index (χ1v) is 7.68. The second kappa shape index (κ2) is 5.45. The van der Waals surface area contributed by atoms with Crippen molar-refractivity contribution in [2.24, 2.45) is 5.92 Å². The molecule has 3 aromatic carbocycles. The summed E-state index contributed by atoms with van der Waals surface area (Å²) in [5.74, 6) is -2.01. The van der Waals surface area contributed by atoms with Gasteiger partial charge >= 0.3 is 6.03 Å². The molecule has 0 aliphatic carbocycles. The van der Waals surface area contributed by atoms with E-state index in [1.54, 1.807) is 0 Å². The zero-order valence-electron chi connectivity index (χ0n) is 12.7. The SMILES string of the molecule is O=C1NC(=O)C(Cc2cccc3cc4ccccc4cc23)C(=O)N1. The average molecular weight is 318 g/mol. The third-order valence-electron chi connectivity index (χ3n) is 4.37. The lowest BCUT2D eigenvalue weighted by Gasteiger charge is -2.21. The second-order valence-corrected chi connectivity index (χ2v) is 5.90. The number of urea groups is 1. The number of fused-ring (bicyclic) bond motifs is 2. The summed E-state index contributed by atoms with van der Waals surface area (Å²) in [4.78, 5) is 35.1. The van der Waals surface area contributed by atoms with Crippen molar-refractivity contribution in [3.05, 3.63) is 60.2 Å². The van der Waals surface area contributed by atoms with Gasteiger partial charge in [0.2, 0.25) is 11.8 Å². The zero-order chi connectivity index (χ0) is 16.7. The van der Waals surface area contributed by atoms with E-state index in [0.29, 0.717) is 0 Å². The van der Waals surface area contributed by atoms with Gasteiger partial charge in [0.15, 0.2) is 0 Å². The molecule has 4 rings (SSSR count). The number of nitrogens with one attached hydrogen (secondary N) is 2. The van der Waals surface area contributed by atoms with Crippen LogP contribution in [0.15, 0.2) is 54.6 Å². The third kappa shape index (κ3) is 2.40. The summed E-state index contributed by atoms with van der Waals surface area (Å²) in [6.45, 7) is 0. The van der Waals surface area contributed by atoms with Crippen LogP contribution in [-0.4, -0.2) is 17.8 Å². The van der Waals surface area contributed by atoms with Gasteiger partial charge in [-0.05, 0) is 45.7 Å². The summed E-state index contributed by atoms with van der Waals surface area (Å²) in [5, 5.41) is 8.60. The summed E-state index contributed by atoms with van der Waals surface area (Å²) < 4.78 is 0. The minimum atomic E-state index is -0.903. The second-order valence-electron chi connectivity index (χ2n) is 5.90. The first kappa shape index (κ1) is 14.4. The number of barbiturate groups is 1. The number of hydrogen-bond donors (Lipinski definition) is 2. The van der Waals surface area contributed by atoms with Crippen LogP contribution in [0.4, 0.5) is 4.79 Å². The van der Waals surface area contributed by atoms with Crippen LogP contribution in [0, 0.1) is 5.92 Å². The molecule has 1 fully saturated rings. The molecular weight excluding hydrogens is 304 g/mol. The van der Waals surface area contributed by atoms with Crippen molar-refractivity contribution in [1.82, 2.24) is 10.6 Å². The number of rotatable bonds is 2. The van der Waals surface area contributed by atoms with Crippen molar-refractivity contribution >= 4 is 39.4 Å². The highest BCUT2D eigenvalue weighted by Gasteiger charge is 2.34. The van der Waals surface area contributed by atoms with Gasteiger partial charge < -0.3 is 0 Å². The van der Waals surface area contributed by atoms with Gasteiger partial charge in [0.1, 0.15) is 5.92 Å². The Bertz CT molecular complexity index is 990. The van der Waals surface area contributed by atoms with Gasteiger partial charge in [-0.15, -0.1) is 0 Å². The molecule has 1 heterocycles. The molecule has 5 nitrogen and oxygen atoms in total. The number of carbonyl (C=O) groups excluding carboxylic acids is 3. The predicted molar refractivity (Wildman–Crippen MR) is 90.3 cm³/mol. The molecule has 118 valence electrons. The highest BCUT2D eigenvalue weighted by Crippen LogP contribution is 2.27. The number of carbonyl (C=O) groups is 3. The van der Waals surface area contributed by atoms with Crippen LogP contribution >= 0.6 is 0 Å². The van der Waals surface area contributed by atoms with Gasteiger partial charge in [-0.3, -0.25) is 20.2 Å². The molecule has 0 unspecified atom stereocenters. The van der Waals surface area contributed by atoms with Crippen molar-refractivity contribution in [2.45, 2.75) is 6.42 Å². The van der Waals surface area contributed by atoms with Crippen molar-refractivity contribution in [3.8, 4) is 0 Å². The quantitative estimate of drug-likeness (QED) is 0.563. The van der Waals surface area contributed by atoms with E-state index < -0.39 is 23.8 Å². The zero-order valence-corrected chi connectivity index (χ0v) is 12.7. The molecular formula is C19H14N2O3. The van der Waals surface area contributed by atoms with Gasteiger partial charge in [0, 0.05) is 0 Å². The van der Waals surface area contributed by atoms with Crippen LogP contribution in [0.1, 0.15) is 5.56 Å². The van der Waals surface area contributed by atoms with E-state index >= 15 is 0 Å². The van der Waals surface area contributed by atoms with Crippen LogP contribution < -0.4 is 10.6 Å². The van der Waals surface area contributed by atoms with E-state index in [2.05, 4.69) is 28.8 Å². The maximum atomic E-state index is 12.0. The van der Waals surface area contributed by atoms with Crippen molar-refractivity contribution in [3.63, 3.8) is 0 Å². The van der Waals surface area contributed by atoms with Gasteiger partial charge in [-0.25, -0.2) is 4.79 Å². The Morgan fingerprint density at radius 2 is 1.38 bits per heavy atom. The lowest BCUT2D eigenvalue weighted by molar-refractivity contribution is -0.135. The van der Waals surface area contributed by atoms with E-state index in [0.717, 1.165) is 27.1 Å². The standard InChI is InChI=1S/C19H14N2O3/c22-17-16(18(23)21-19(24)20-17)10-14-7-3-6-13-8-11-4-1-2-5-12(11)9-15(13)14/h1-9,16H,10H2,(H2,20,21,22,23,24). The number of amides is 4. The molecule has 24 heavy (non-hydrogen) atoms. The maximum absolute atomic E-state index is 12.0. The monoisotopic (exact) mass is 318 g/mol. The summed E-state index contributed by atoms with van der Waals surface area (Å²) >= 11 is 0. The van der Waals surface area contributed by atoms with Gasteiger partial charge in [0.05, 0.1) is 0 Å². The molecule has 2 N–H and O–H groups in total. The molecule has 1 saturated heterocycles. The van der Waals surface area contributed by atoms with Gasteiger partial charge in [-0.2, -0.15) is 0 Å². The van der Waals surface area contributed by atoms with Gasteiger partial charge in [0.25, 0.3) is 0 Å². The highest BCUT2D eigenvalue weighted by atomic mass is 16.2. The Morgan fingerprint density at radius 3 is 2.08 bits per heavy atom. The van der Waals surface area contributed by atoms with Crippen LogP contribution in [0.3, 0.4) is 0 Å². The highest BCUT2D eigenvalue weighted by molar-refractivity contribution is 6.16. The predicted octanol–water partition coefficient (Wildman–Crippen LogP) is 2.52. The third-order valence-corrected chi connectivity index (χ3v) is 4.37.